The van der Waals surface area contributed by atoms with Gasteiger partial charge in [0, 0.05) is 18.0 Å². The predicted molar refractivity (Wildman–Crippen MR) is 88.9 cm³/mol. The summed E-state index contributed by atoms with van der Waals surface area (Å²) in [5, 5.41) is 18.9. The van der Waals surface area contributed by atoms with E-state index >= 15 is 0 Å². The lowest BCUT2D eigenvalue weighted by atomic mass is 10.2. The van der Waals surface area contributed by atoms with E-state index in [1.807, 2.05) is 0 Å². The summed E-state index contributed by atoms with van der Waals surface area (Å²) in [6, 6.07) is 6.17. The van der Waals surface area contributed by atoms with Crippen LogP contribution in [0.4, 0.5) is 10.7 Å². The number of pyridine rings is 1. The Labute approximate surface area is 146 Å². The number of furan rings is 1. The lowest BCUT2D eigenvalue weighted by molar-refractivity contribution is -0.401. The van der Waals surface area contributed by atoms with Crippen molar-refractivity contribution in [3.05, 3.63) is 58.5 Å². The molecule has 132 valence electrons. The van der Waals surface area contributed by atoms with Gasteiger partial charge in [-0.2, -0.15) is 10.2 Å². The Kier molecular flexibility index (Phi) is 4.69. The molecule has 0 unspecified atom stereocenters. The van der Waals surface area contributed by atoms with Crippen LogP contribution >= 0.6 is 0 Å². The number of hydrogen-bond donors (Lipinski definition) is 1. The molecule has 0 aromatic carbocycles. The monoisotopic (exact) mass is 356 g/mol. The molecule has 0 spiro atoms. The van der Waals surface area contributed by atoms with E-state index in [0.29, 0.717) is 16.9 Å². The van der Waals surface area contributed by atoms with Crippen LogP contribution in [0.2, 0.25) is 0 Å². The smallest absolute Gasteiger partial charge is 0.433 e. The third kappa shape index (κ3) is 3.56. The Bertz CT molecular complexity index is 962. The highest BCUT2D eigenvalue weighted by Crippen LogP contribution is 2.27. The van der Waals surface area contributed by atoms with Crippen molar-refractivity contribution in [3.63, 3.8) is 0 Å². The molecule has 1 N–H and O–H groups in total. The summed E-state index contributed by atoms with van der Waals surface area (Å²) in [7, 11) is 1.21. The van der Waals surface area contributed by atoms with Gasteiger partial charge in [0.2, 0.25) is 0 Å². The zero-order valence-corrected chi connectivity index (χ0v) is 13.4. The minimum Gasteiger partial charge on any atom is -0.452 e. The SMILES string of the molecule is COC(=O)N/N=C/c1cn(-c2cccnc2)nc1-c1ccc([N+](=O)[O-])o1. The van der Waals surface area contributed by atoms with E-state index in [-0.39, 0.29) is 5.76 Å². The summed E-state index contributed by atoms with van der Waals surface area (Å²) >= 11 is 0. The number of aromatic nitrogens is 3. The van der Waals surface area contributed by atoms with Gasteiger partial charge in [0.25, 0.3) is 0 Å². The zero-order chi connectivity index (χ0) is 18.5. The van der Waals surface area contributed by atoms with E-state index < -0.39 is 16.9 Å². The first-order chi connectivity index (χ1) is 12.6. The first-order valence-electron chi connectivity index (χ1n) is 7.20. The van der Waals surface area contributed by atoms with Crippen LogP contribution in [0.1, 0.15) is 5.56 Å². The Balaban J connectivity index is 2.00. The van der Waals surface area contributed by atoms with Crippen molar-refractivity contribution < 1.29 is 18.9 Å². The Morgan fingerprint density at radius 2 is 2.31 bits per heavy atom. The first kappa shape index (κ1) is 16.8. The van der Waals surface area contributed by atoms with Gasteiger partial charge in [0.15, 0.2) is 5.76 Å². The van der Waals surface area contributed by atoms with Crippen molar-refractivity contribution in [2.24, 2.45) is 5.10 Å². The number of ether oxygens (including phenoxy) is 1. The number of rotatable bonds is 5. The Morgan fingerprint density at radius 1 is 1.46 bits per heavy atom. The Hall–Kier alpha value is -4.02. The molecule has 3 rings (SSSR count). The molecule has 26 heavy (non-hydrogen) atoms. The normalized spacial score (nSPS) is 10.8. The summed E-state index contributed by atoms with van der Waals surface area (Å²) in [6.45, 7) is 0. The minimum absolute atomic E-state index is 0.179. The van der Waals surface area contributed by atoms with E-state index in [2.05, 4.69) is 25.3 Å². The molecule has 0 atom stereocenters. The van der Waals surface area contributed by atoms with Gasteiger partial charge in [-0.25, -0.2) is 14.9 Å². The maximum absolute atomic E-state index is 11.1. The zero-order valence-electron chi connectivity index (χ0n) is 13.4. The molecule has 11 heteroatoms. The summed E-state index contributed by atoms with van der Waals surface area (Å²) in [6.07, 6.45) is 5.40. The van der Waals surface area contributed by atoms with Gasteiger partial charge in [0.1, 0.15) is 10.6 Å². The molecule has 3 heterocycles. The van der Waals surface area contributed by atoms with Crippen LogP contribution in [0.15, 0.2) is 52.4 Å². The number of nitrogens with one attached hydrogen (secondary N) is 1. The third-order valence-electron chi connectivity index (χ3n) is 3.20. The van der Waals surface area contributed by atoms with E-state index in [1.54, 1.807) is 30.7 Å². The fraction of sp³-hybridized carbons (Fsp3) is 0.0667. The maximum atomic E-state index is 11.1. The summed E-state index contributed by atoms with van der Waals surface area (Å²) < 4.78 is 11.1. The molecule has 0 aliphatic rings. The van der Waals surface area contributed by atoms with E-state index in [4.69, 9.17) is 4.42 Å². The van der Waals surface area contributed by atoms with Crippen molar-refractivity contribution >= 4 is 18.2 Å². The van der Waals surface area contributed by atoms with Crippen LogP contribution in [0.25, 0.3) is 17.1 Å². The predicted octanol–water partition coefficient (Wildman–Crippen LogP) is 2.13. The summed E-state index contributed by atoms with van der Waals surface area (Å²) in [5.41, 5.74) is 3.57. The van der Waals surface area contributed by atoms with Gasteiger partial charge in [-0.1, -0.05) is 0 Å². The van der Waals surface area contributed by atoms with Crippen molar-refractivity contribution in [2.75, 3.05) is 7.11 Å². The fourth-order valence-electron chi connectivity index (χ4n) is 2.05. The van der Waals surface area contributed by atoms with E-state index in [9.17, 15) is 14.9 Å². The highest BCUT2D eigenvalue weighted by molar-refractivity contribution is 5.88. The summed E-state index contributed by atoms with van der Waals surface area (Å²) in [4.78, 5) is 25.3. The van der Waals surface area contributed by atoms with Gasteiger partial charge in [0.05, 0.1) is 31.3 Å². The number of hydrogen-bond acceptors (Lipinski definition) is 8. The van der Waals surface area contributed by atoms with Gasteiger partial charge in [-0.3, -0.25) is 15.1 Å². The van der Waals surface area contributed by atoms with Crippen LogP contribution in [-0.2, 0) is 4.74 Å². The number of hydrazone groups is 1. The van der Waals surface area contributed by atoms with Crippen LogP contribution in [-0.4, -0.2) is 39.1 Å². The van der Waals surface area contributed by atoms with Crippen molar-refractivity contribution in [3.8, 4) is 17.1 Å². The molecule has 1 amide bonds. The quantitative estimate of drug-likeness (QED) is 0.420. The Morgan fingerprint density at radius 3 is 2.96 bits per heavy atom. The van der Waals surface area contributed by atoms with Gasteiger partial charge in [-0.05, 0) is 18.2 Å². The second-order valence-electron chi connectivity index (χ2n) is 4.85. The fourth-order valence-corrected chi connectivity index (χ4v) is 2.05. The molecular weight excluding hydrogens is 344 g/mol. The molecule has 0 fully saturated rings. The minimum atomic E-state index is -0.740. The second-order valence-corrected chi connectivity index (χ2v) is 4.85. The average molecular weight is 356 g/mol. The van der Waals surface area contributed by atoms with Crippen molar-refractivity contribution in [1.29, 1.82) is 0 Å². The molecule has 3 aromatic heterocycles. The third-order valence-corrected chi connectivity index (χ3v) is 3.20. The first-order valence-corrected chi connectivity index (χ1v) is 7.20. The van der Waals surface area contributed by atoms with Crippen LogP contribution < -0.4 is 5.43 Å². The summed E-state index contributed by atoms with van der Waals surface area (Å²) in [5.74, 6) is -0.231. The van der Waals surface area contributed by atoms with Gasteiger partial charge in [-0.15, -0.1) is 0 Å². The molecule has 3 aromatic rings. The molecule has 0 aliphatic heterocycles. The molecule has 0 bridgehead atoms. The van der Waals surface area contributed by atoms with Crippen LogP contribution in [0.3, 0.4) is 0 Å². The molecule has 0 saturated heterocycles. The number of methoxy groups -OCH3 is 1. The maximum Gasteiger partial charge on any atom is 0.433 e. The number of carbonyl (C=O) groups is 1. The number of carbonyl (C=O) groups excluding carboxylic acids is 1. The van der Waals surface area contributed by atoms with Crippen LogP contribution in [0, 0.1) is 10.1 Å². The van der Waals surface area contributed by atoms with Gasteiger partial charge >= 0.3 is 12.0 Å². The highest BCUT2D eigenvalue weighted by atomic mass is 16.6. The van der Waals surface area contributed by atoms with Gasteiger partial charge < -0.3 is 9.15 Å². The van der Waals surface area contributed by atoms with Crippen molar-refractivity contribution in [2.45, 2.75) is 0 Å². The number of amides is 1. The van der Waals surface area contributed by atoms with E-state index in [0.717, 1.165) is 0 Å². The largest absolute Gasteiger partial charge is 0.452 e. The van der Waals surface area contributed by atoms with E-state index in [1.165, 1.54) is 30.1 Å². The topological polar surface area (TPSA) is 138 Å². The number of nitro groups is 1. The average Bonchev–Trinajstić information content (AvgIpc) is 3.29. The second kappa shape index (κ2) is 7.25. The molecule has 11 nitrogen and oxygen atoms in total. The van der Waals surface area contributed by atoms with Crippen molar-refractivity contribution in [1.82, 2.24) is 20.2 Å². The highest BCUT2D eigenvalue weighted by Gasteiger charge is 2.19. The molecule has 0 aliphatic carbocycles. The number of nitrogens with zero attached hydrogens (tertiary/aromatic N) is 5. The van der Waals surface area contributed by atoms with Crippen LogP contribution in [0.5, 0.6) is 0 Å². The molecule has 0 saturated carbocycles. The standard InChI is InChI=1S/C15H12N6O5/c1-25-15(22)18-17-7-10-9-20(11-3-2-6-16-8-11)19-14(10)12-4-5-13(26-12)21(23)24/h2-9H,1H3,(H,18,22)/b17-7+. The molecular formula is C15H12N6O5. The molecule has 0 radical (unpaired) electrons. The lowest BCUT2D eigenvalue weighted by Crippen LogP contribution is -2.16. The lowest BCUT2D eigenvalue weighted by Gasteiger charge is -1.98.